The van der Waals surface area contributed by atoms with E-state index < -0.39 is 0 Å². The molecule has 0 aromatic heterocycles. The fourth-order valence-electron chi connectivity index (χ4n) is 1.35. The number of hydrogen-bond donors (Lipinski definition) is 0. The van der Waals surface area contributed by atoms with Crippen molar-refractivity contribution < 1.29 is 0 Å². The van der Waals surface area contributed by atoms with Gasteiger partial charge in [0.1, 0.15) is 0 Å². The first-order valence-corrected chi connectivity index (χ1v) is 5.91. The van der Waals surface area contributed by atoms with Gasteiger partial charge < -0.3 is 0 Å². The summed E-state index contributed by atoms with van der Waals surface area (Å²) in [5, 5.41) is 8.59. The van der Waals surface area contributed by atoms with Crippen molar-refractivity contribution in [3.63, 3.8) is 0 Å². The summed E-state index contributed by atoms with van der Waals surface area (Å²) < 4.78 is 1.08. The van der Waals surface area contributed by atoms with Gasteiger partial charge in [0.15, 0.2) is 0 Å². The molecule has 0 spiro atoms. The second kappa shape index (κ2) is 3.72. The van der Waals surface area contributed by atoms with Crippen molar-refractivity contribution >= 4 is 23.5 Å². The molecule has 0 bridgehead atoms. The van der Waals surface area contributed by atoms with Gasteiger partial charge in [-0.3, -0.25) is 0 Å². The second-order valence-corrected chi connectivity index (χ2v) is 5.52. The number of hydrogen-bond acceptors (Lipinski definition) is 3. The van der Waals surface area contributed by atoms with Gasteiger partial charge in [-0.05, 0) is 25.0 Å². The lowest BCUT2D eigenvalue weighted by atomic mass is 10.2. The molecule has 1 aromatic rings. The highest BCUT2D eigenvalue weighted by molar-refractivity contribution is 8.24. The average molecular weight is 219 g/mol. The summed E-state index contributed by atoms with van der Waals surface area (Å²) >= 11 is 3.41. The summed E-state index contributed by atoms with van der Waals surface area (Å²) in [6.07, 6.45) is 1.62. The summed E-state index contributed by atoms with van der Waals surface area (Å²) in [6, 6.07) is 6.35. The molecule has 1 heterocycles. The molecule has 3 heteroatoms. The molecular weight excluding hydrogens is 210 g/mol. The topological polar surface area (TPSA) is 23.8 Å². The van der Waals surface area contributed by atoms with Crippen LogP contribution in [0.3, 0.4) is 0 Å². The smallest absolute Gasteiger partial charge is 0.0929 e. The van der Waals surface area contributed by atoms with Crippen LogP contribution in [-0.4, -0.2) is 0 Å². The first kappa shape index (κ1) is 9.70. The van der Waals surface area contributed by atoms with Gasteiger partial charge in [-0.1, -0.05) is 35.7 Å². The SMILES string of the molecule is Cc1ccc(C)c2c1SC(=CC#N)S2. The Morgan fingerprint density at radius 2 is 1.64 bits per heavy atom. The Morgan fingerprint density at radius 1 is 1.14 bits per heavy atom. The summed E-state index contributed by atoms with van der Waals surface area (Å²) in [4.78, 5) is 2.63. The minimum absolute atomic E-state index is 1.08. The molecule has 0 radical (unpaired) electrons. The van der Waals surface area contributed by atoms with Crippen LogP contribution in [0.15, 0.2) is 32.2 Å². The molecular formula is C11H9NS2. The van der Waals surface area contributed by atoms with Crippen molar-refractivity contribution in [1.29, 1.82) is 5.26 Å². The summed E-state index contributed by atoms with van der Waals surface area (Å²) in [5.74, 6) is 0. The minimum Gasteiger partial charge on any atom is -0.193 e. The Hall–Kier alpha value is -0.850. The zero-order valence-electron chi connectivity index (χ0n) is 8.00. The van der Waals surface area contributed by atoms with Crippen molar-refractivity contribution in [3.05, 3.63) is 33.6 Å². The Morgan fingerprint density at radius 3 is 2.07 bits per heavy atom. The maximum absolute atomic E-state index is 8.59. The fraction of sp³-hybridized carbons (Fsp3) is 0.182. The Balaban J connectivity index is 2.50. The van der Waals surface area contributed by atoms with E-state index >= 15 is 0 Å². The van der Waals surface area contributed by atoms with Crippen molar-refractivity contribution in [1.82, 2.24) is 0 Å². The van der Waals surface area contributed by atoms with Crippen molar-refractivity contribution in [2.75, 3.05) is 0 Å². The van der Waals surface area contributed by atoms with Crippen molar-refractivity contribution in [2.45, 2.75) is 23.6 Å². The quantitative estimate of drug-likeness (QED) is 0.619. The number of nitriles is 1. The molecule has 1 aromatic carbocycles. The maximum Gasteiger partial charge on any atom is 0.0929 e. The molecule has 0 saturated heterocycles. The maximum atomic E-state index is 8.59. The third-order valence-electron chi connectivity index (χ3n) is 2.09. The highest BCUT2D eigenvalue weighted by Gasteiger charge is 2.20. The Kier molecular flexibility index (Phi) is 2.58. The van der Waals surface area contributed by atoms with E-state index in [4.69, 9.17) is 5.26 Å². The van der Waals surface area contributed by atoms with Crippen LogP contribution in [0.2, 0.25) is 0 Å². The van der Waals surface area contributed by atoms with Gasteiger partial charge in [0.2, 0.25) is 0 Å². The number of aryl methyl sites for hydroxylation is 2. The Labute approximate surface area is 92.2 Å². The first-order chi connectivity index (χ1) is 6.72. The van der Waals surface area contributed by atoms with Crippen LogP contribution >= 0.6 is 23.5 Å². The Bertz CT molecular complexity index is 422. The molecule has 1 aliphatic rings. The lowest BCUT2D eigenvalue weighted by molar-refractivity contribution is 1.13. The first-order valence-electron chi connectivity index (χ1n) is 4.28. The van der Waals surface area contributed by atoms with Crippen molar-refractivity contribution in [2.24, 2.45) is 0 Å². The molecule has 0 N–H and O–H groups in total. The molecule has 0 saturated carbocycles. The largest absolute Gasteiger partial charge is 0.193 e. The van der Waals surface area contributed by atoms with E-state index in [-0.39, 0.29) is 0 Å². The summed E-state index contributed by atoms with van der Waals surface area (Å²) in [7, 11) is 0. The van der Waals surface area contributed by atoms with Gasteiger partial charge >= 0.3 is 0 Å². The van der Waals surface area contributed by atoms with Crippen LogP contribution in [0.25, 0.3) is 0 Å². The molecule has 2 rings (SSSR count). The van der Waals surface area contributed by atoms with E-state index in [2.05, 4.69) is 32.0 Å². The number of allylic oxidation sites excluding steroid dienone is 1. The van der Waals surface area contributed by atoms with Gasteiger partial charge in [0.05, 0.1) is 10.3 Å². The highest BCUT2D eigenvalue weighted by Crippen LogP contribution is 2.53. The predicted octanol–water partition coefficient (Wildman–Crippen LogP) is 3.87. The summed E-state index contributed by atoms with van der Waals surface area (Å²) in [5.41, 5.74) is 2.59. The highest BCUT2D eigenvalue weighted by atomic mass is 32.2. The third kappa shape index (κ3) is 1.56. The van der Waals surface area contributed by atoms with Gasteiger partial charge in [-0.2, -0.15) is 5.26 Å². The van der Waals surface area contributed by atoms with Crippen LogP contribution in [0, 0.1) is 25.2 Å². The van der Waals surface area contributed by atoms with Crippen LogP contribution < -0.4 is 0 Å². The van der Waals surface area contributed by atoms with Crippen molar-refractivity contribution in [3.8, 4) is 6.07 Å². The average Bonchev–Trinajstić information content (AvgIpc) is 2.57. The fourth-order valence-corrected chi connectivity index (χ4v) is 3.85. The summed E-state index contributed by atoms with van der Waals surface area (Å²) in [6.45, 7) is 4.22. The monoisotopic (exact) mass is 219 g/mol. The molecule has 0 fully saturated rings. The number of benzene rings is 1. The molecule has 1 nitrogen and oxygen atoms in total. The third-order valence-corrected chi connectivity index (χ3v) is 4.82. The zero-order valence-corrected chi connectivity index (χ0v) is 9.63. The van der Waals surface area contributed by atoms with E-state index in [0.29, 0.717) is 0 Å². The van der Waals surface area contributed by atoms with E-state index in [1.54, 1.807) is 29.6 Å². The molecule has 70 valence electrons. The predicted molar refractivity (Wildman–Crippen MR) is 61.3 cm³/mol. The molecule has 0 amide bonds. The van der Waals surface area contributed by atoms with Crippen LogP contribution in [0.5, 0.6) is 0 Å². The number of nitrogens with zero attached hydrogens (tertiary/aromatic N) is 1. The van der Waals surface area contributed by atoms with Crippen LogP contribution in [-0.2, 0) is 0 Å². The van der Waals surface area contributed by atoms with Gasteiger partial charge in [-0.15, -0.1) is 0 Å². The molecule has 0 unspecified atom stereocenters. The standard InChI is InChI=1S/C11H9NS2/c1-7-3-4-8(2)11-10(7)13-9(14-11)5-6-12/h3-5H,1-2H3. The van der Waals surface area contributed by atoms with Crippen LogP contribution in [0.4, 0.5) is 0 Å². The lowest BCUT2D eigenvalue weighted by Gasteiger charge is -2.03. The lowest BCUT2D eigenvalue weighted by Crippen LogP contribution is -1.82. The molecule has 1 aliphatic heterocycles. The van der Waals surface area contributed by atoms with Gasteiger partial charge in [0.25, 0.3) is 0 Å². The van der Waals surface area contributed by atoms with E-state index in [1.807, 2.05) is 0 Å². The minimum atomic E-state index is 1.08. The van der Waals surface area contributed by atoms with E-state index in [0.717, 1.165) is 4.24 Å². The normalized spacial score (nSPS) is 13.6. The van der Waals surface area contributed by atoms with Gasteiger partial charge in [-0.25, -0.2) is 0 Å². The number of thioether (sulfide) groups is 2. The second-order valence-electron chi connectivity index (χ2n) is 3.15. The zero-order chi connectivity index (χ0) is 10.1. The van der Waals surface area contributed by atoms with Crippen LogP contribution in [0.1, 0.15) is 11.1 Å². The van der Waals surface area contributed by atoms with Gasteiger partial charge in [0, 0.05) is 15.9 Å². The number of fused-ring (bicyclic) bond motifs is 1. The molecule has 14 heavy (non-hydrogen) atoms. The van der Waals surface area contributed by atoms with E-state index in [1.165, 1.54) is 20.9 Å². The number of rotatable bonds is 0. The molecule has 0 atom stereocenters. The molecule has 0 aliphatic carbocycles. The van der Waals surface area contributed by atoms with E-state index in [9.17, 15) is 0 Å².